The molecule has 0 saturated carbocycles. The first-order chi connectivity index (χ1) is 28.3. The summed E-state index contributed by atoms with van der Waals surface area (Å²) < 4.78 is 4.30. The molecule has 0 bridgehead atoms. The van der Waals surface area contributed by atoms with Crippen molar-refractivity contribution >= 4 is 67.3 Å². The third kappa shape index (κ3) is 6.43. The minimum Gasteiger partial charge on any atom is -0.383 e. The quantitative estimate of drug-likeness (QED) is 0.153. The molecule has 14 heteroatoms. The fraction of sp³-hybridized carbons (Fsp3) is 0.182. The smallest absolute Gasteiger partial charge is 0.243 e. The first-order valence-corrected chi connectivity index (χ1v) is 19.1. The molecule has 2 aliphatic heterocycles. The molecular weight excluding hydrogens is 729 g/mol. The van der Waals surface area contributed by atoms with Crippen molar-refractivity contribution in [2.45, 2.75) is 50.9 Å². The van der Waals surface area contributed by atoms with E-state index in [0.717, 1.165) is 103 Å². The lowest BCUT2D eigenvalue weighted by Gasteiger charge is -2.26. The number of nitrogens with two attached hydrogens (primary N) is 2. The van der Waals surface area contributed by atoms with Crippen LogP contribution in [-0.4, -0.2) is 62.9 Å². The van der Waals surface area contributed by atoms with Gasteiger partial charge in [0, 0.05) is 82.0 Å². The van der Waals surface area contributed by atoms with E-state index in [1.54, 1.807) is 0 Å². The third-order valence-electron chi connectivity index (χ3n) is 11.0. The summed E-state index contributed by atoms with van der Waals surface area (Å²) in [6.07, 6.45) is 12.6. The van der Waals surface area contributed by atoms with Gasteiger partial charge in [-0.2, -0.15) is 0 Å². The van der Waals surface area contributed by atoms with Crippen molar-refractivity contribution in [1.82, 2.24) is 49.7 Å². The van der Waals surface area contributed by atoms with Crippen LogP contribution < -0.4 is 22.1 Å². The van der Waals surface area contributed by atoms with E-state index in [-0.39, 0.29) is 23.9 Å². The molecule has 6 aromatic heterocycles. The highest BCUT2D eigenvalue weighted by Gasteiger charge is 2.30. The Hall–Kier alpha value is -7.48. The average Bonchev–Trinajstić information content (AvgIpc) is 3.77. The van der Waals surface area contributed by atoms with E-state index in [2.05, 4.69) is 87.1 Å². The molecular formula is C44H40N12O2. The lowest BCUT2D eigenvalue weighted by atomic mass is 9.97. The van der Waals surface area contributed by atoms with Crippen LogP contribution in [0.4, 0.5) is 11.6 Å². The number of amides is 2. The van der Waals surface area contributed by atoms with Crippen LogP contribution in [0.1, 0.15) is 24.2 Å². The highest BCUT2D eigenvalue weighted by molar-refractivity contribution is 6.05. The molecule has 288 valence electrons. The number of nitrogen functional groups attached to an aromatic ring is 2. The maximum Gasteiger partial charge on any atom is 0.243 e. The number of aromatic nitrogens is 8. The number of nitrogens with zero attached hydrogens (tertiary/aromatic N) is 8. The second-order valence-electron chi connectivity index (χ2n) is 14.5. The summed E-state index contributed by atoms with van der Waals surface area (Å²) >= 11 is 0. The summed E-state index contributed by atoms with van der Waals surface area (Å²) in [4.78, 5) is 50.3. The van der Waals surface area contributed by atoms with Crippen LogP contribution in [0, 0.1) is 0 Å². The molecule has 2 atom stereocenters. The van der Waals surface area contributed by atoms with Gasteiger partial charge in [0.1, 0.15) is 35.6 Å². The van der Waals surface area contributed by atoms with Crippen molar-refractivity contribution in [3.8, 4) is 22.3 Å². The first kappa shape index (κ1) is 36.2. The number of pyridine rings is 2. The van der Waals surface area contributed by atoms with Gasteiger partial charge in [0.15, 0.2) is 0 Å². The topological polar surface area (TPSA) is 197 Å². The standard InChI is InChI=1S/2C22H20N6O/c2*1-2-18(29)27-15-7-8-17-19(14-9-13-5-3-4-6-16(13)24-10-14)20-21(23)25-12-26-22(20)28(17)11-15/h2*2-6,9-10,12,15H,1,7-8,11H2,(H,27,29)(H2,23,25,26)/t2*15-/m11/s1. The highest BCUT2D eigenvalue weighted by atomic mass is 16.2. The predicted molar refractivity (Wildman–Crippen MR) is 226 cm³/mol. The molecule has 14 nitrogen and oxygen atoms in total. The number of rotatable bonds is 6. The van der Waals surface area contributed by atoms with Crippen LogP contribution in [0.5, 0.6) is 0 Å². The molecule has 0 aliphatic carbocycles. The van der Waals surface area contributed by atoms with Gasteiger partial charge in [-0.15, -0.1) is 0 Å². The lowest BCUT2D eigenvalue weighted by molar-refractivity contribution is -0.118. The van der Waals surface area contributed by atoms with E-state index in [4.69, 9.17) is 11.5 Å². The molecule has 0 radical (unpaired) electrons. The van der Waals surface area contributed by atoms with Crippen molar-refractivity contribution in [2.24, 2.45) is 0 Å². The number of anilines is 2. The Kier molecular flexibility index (Phi) is 9.28. The fourth-order valence-corrected chi connectivity index (χ4v) is 8.43. The van der Waals surface area contributed by atoms with Crippen LogP contribution in [0.3, 0.4) is 0 Å². The summed E-state index contributed by atoms with van der Waals surface area (Å²) in [6.45, 7) is 8.33. The molecule has 10 rings (SSSR count). The molecule has 6 N–H and O–H groups in total. The van der Waals surface area contributed by atoms with E-state index in [1.807, 2.05) is 48.8 Å². The number of carbonyl (C=O) groups excluding carboxylic acids is 2. The Bertz CT molecular complexity index is 2750. The number of fused-ring (bicyclic) bond motifs is 8. The molecule has 0 spiro atoms. The van der Waals surface area contributed by atoms with E-state index in [0.29, 0.717) is 24.7 Å². The Labute approximate surface area is 332 Å². The molecule has 2 aromatic carbocycles. The second kappa shape index (κ2) is 14.9. The van der Waals surface area contributed by atoms with Gasteiger partial charge in [0.2, 0.25) is 11.8 Å². The highest BCUT2D eigenvalue weighted by Crippen LogP contribution is 2.41. The number of hydrogen-bond donors (Lipinski definition) is 4. The Morgan fingerprint density at radius 2 is 1.07 bits per heavy atom. The van der Waals surface area contributed by atoms with E-state index >= 15 is 0 Å². The van der Waals surface area contributed by atoms with Gasteiger partial charge < -0.3 is 31.2 Å². The number of nitrogens with one attached hydrogen (secondary N) is 2. The molecule has 2 aliphatic rings. The molecule has 0 saturated heterocycles. The maximum absolute atomic E-state index is 11.8. The van der Waals surface area contributed by atoms with E-state index in [9.17, 15) is 9.59 Å². The zero-order valence-corrected chi connectivity index (χ0v) is 31.6. The zero-order chi connectivity index (χ0) is 39.9. The van der Waals surface area contributed by atoms with Gasteiger partial charge in [0.25, 0.3) is 0 Å². The van der Waals surface area contributed by atoms with E-state index < -0.39 is 0 Å². The Balaban J connectivity index is 0.000000150. The van der Waals surface area contributed by atoms with Crippen molar-refractivity contribution in [3.05, 3.63) is 122 Å². The van der Waals surface area contributed by atoms with Gasteiger partial charge in [-0.05, 0) is 62.1 Å². The third-order valence-corrected chi connectivity index (χ3v) is 11.0. The summed E-state index contributed by atoms with van der Waals surface area (Å²) in [5, 5.41) is 9.82. The molecule has 0 fully saturated rings. The normalized spacial score (nSPS) is 15.9. The average molecular weight is 769 g/mol. The van der Waals surface area contributed by atoms with Crippen LogP contribution in [0.25, 0.3) is 66.1 Å². The van der Waals surface area contributed by atoms with Gasteiger partial charge in [-0.3, -0.25) is 19.6 Å². The summed E-state index contributed by atoms with van der Waals surface area (Å²) in [5.74, 6) is 0.574. The van der Waals surface area contributed by atoms with Crippen LogP contribution >= 0.6 is 0 Å². The van der Waals surface area contributed by atoms with Crippen molar-refractivity contribution < 1.29 is 9.59 Å². The summed E-state index contributed by atoms with van der Waals surface area (Å²) in [7, 11) is 0. The maximum atomic E-state index is 11.8. The van der Waals surface area contributed by atoms with E-state index in [1.165, 1.54) is 24.8 Å². The van der Waals surface area contributed by atoms with Crippen LogP contribution in [0.2, 0.25) is 0 Å². The summed E-state index contributed by atoms with van der Waals surface area (Å²) in [5.41, 5.74) is 22.4. The number of para-hydroxylation sites is 2. The second-order valence-corrected chi connectivity index (χ2v) is 14.5. The molecule has 58 heavy (non-hydrogen) atoms. The van der Waals surface area contributed by atoms with Gasteiger partial charge in [-0.1, -0.05) is 49.6 Å². The lowest BCUT2D eigenvalue weighted by Crippen LogP contribution is -2.40. The largest absolute Gasteiger partial charge is 0.383 e. The number of benzene rings is 2. The zero-order valence-electron chi connectivity index (χ0n) is 31.6. The number of hydrogen-bond acceptors (Lipinski definition) is 10. The SMILES string of the molecule is C=CC(=O)N[C@@H]1CCc2c(-c3cnc4ccccc4c3)c3c(N)ncnc3n2C1.C=CC(=O)N[C@@H]1CCc2c(-c3cnc4ccccc4c3)c3c(N)ncnc3n2C1. The molecule has 8 heterocycles. The molecule has 8 aromatic rings. The van der Waals surface area contributed by atoms with Gasteiger partial charge >= 0.3 is 0 Å². The summed E-state index contributed by atoms with van der Waals surface area (Å²) in [6, 6.07) is 20.4. The molecule has 0 unspecified atom stereocenters. The van der Waals surface area contributed by atoms with Crippen LogP contribution in [0.15, 0.2) is 111 Å². The predicted octanol–water partition coefficient (Wildman–Crippen LogP) is 5.69. The minimum atomic E-state index is -0.164. The Morgan fingerprint density at radius 3 is 1.50 bits per heavy atom. The van der Waals surface area contributed by atoms with Crippen molar-refractivity contribution in [2.75, 3.05) is 11.5 Å². The number of carbonyl (C=O) groups is 2. The molecule has 2 amide bonds. The minimum absolute atomic E-state index is 0.0161. The van der Waals surface area contributed by atoms with Crippen LogP contribution in [-0.2, 0) is 35.5 Å². The monoisotopic (exact) mass is 768 g/mol. The first-order valence-electron chi connectivity index (χ1n) is 19.1. The Morgan fingerprint density at radius 1 is 0.638 bits per heavy atom. The van der Waals surface area contributed by atoms with Crippen molar-refractivity contribution in [1.29, 1.82) is 0 Å². The van der Waals surface area contributed by atoms with Gasteiger partial charge in [0.05, 0.1) is 21.8 Å². The van der Waals surface area contributed by atoms with Gasteiger partial charge in [-0.25, -0.2) is 19.9 Å². The fourth-order valence-electron chi connectivity index (χ4n) is 8.43. The van der Waals surface area contributed by atoms with Crippen molar-refractivity contribution in [3.63, 3.8) is 0 Å².